The Morgan fingerprint density at radius 3 is 2.54 bits per heavy atom. The van der Waals surface area contributed by atoms with Crippen molar-refractivity contribution in [2.45, 2.75) is 32.0 Å². The maximum atomic E-state index is 4.37. The highest BCUT2D eigenvalue weighted by atomic mass is 127. The van der Waals surface area contributed by atoms with Crippen LogP contribution >= 0.6 is 51.2 Å². The smallest absolute Gasteiger partial charge is 0.191 e. The van der Waals surface area contributed by atoms with Gasteiger partial charge >= 0.3 is 0 Å². The van der Waals surface area contributed by atoms with Gasteiger partial charge in [0, 0.05) is 43.7 Å². The van der Waals surface area contributed by atoms with Crippen molar-refractivity contribution in [1.82, 2.24) is 15.5 Å². The molecule has 2 N–H and O–H groups in total. The molecule has 0 amide bonds. The molecule has 2 aromatic rings. The van der Waals surface area contributed by atoms with Gasteiger partial charge < -0.3 is 10.6 Å². The Morgan fingerprint density at radius 2 is 1.92 bits per heavy atom. The van der Waals surface area contributed by atoms with Gasteiger partial charge in [-0.1, -0.05) is 28.1 Å². The molecule has 0 spiro atoms. The van der Waals surface area contributed by atoms with Crippen molar-refractivity contribution in [2.24, 2.45) is 4.99 Å². The Bertz CT molecular complexity index is 667. The van der Waals surface area contributed by atoms with Gasteiger partial charge in [-0.2, -0.15) is 11.3 Å². The van der Waals surface area contributed by atoms with Crippen molar-refractivity contribution in [3.63, 3.8) is 0 Å². The van der Waals surface area contributed by atoms with E-state index in [0.717, 1.165) is 49.5 Å². The largest absolute Gasteiger partial charge is 0.354 e. The van der Waals surface area contributed by atoms with Crippen LogP contribution in [0.1, 0.15) is 24.0 Å². The van der Waals surface area contributed by atoms with E-state index in [0.29, 0.717) is 6.04 Å². The molecule has 4 nitrogen and oxygen atoms in total. The minimum atomic E-state index is 0. The van der Waals surface area contributed by atoms with E-state index < -0.39 is 0 Å². The third-order valence-electron chi connectivity index (χ3n) is 4.51. The number of piperidine rings is 1. The molecule has 0 radical (unpaired) electrons. The third-order valence-corrected chi connectivity index (χ3v) is 5.77. The molecule has 2 heterocycles. The second-order valence-corrected chi connectivity index (χ2v) is 8.07. The maximum Gasteiger partial charge on any atom is 0.191 e. The summed E-state index contributed by atoms with van der Waals surface area (Å²) in [5.41, 5.74) is 2.68. The number of nitrogens with zero attached hydrogens (tertiary/aromatic N) is 2. The maximum absolute atomic E-state index is 4.37. The zero-order valence-corrected chi connectivity index (χ0v) is 19.7. The van der Waals surface area contributed by atoms with Gasteiger partial charge in [-0.15, -0.1) is 24.0 Å². The Kier molecular flexibility index (Phi) is 9.38. The second-order valence-electron chi connectivity index (χ2n) is 6.38. The molecule has 0 aliphatic carbocycles. The van der Waals surface area contributed by atoms with Crippen molar-refractivity contribution < 1.29 is 0 Å². The van der Waals surface area contributed by atoms with Crippen molar-refractivity contribution in [3.05, 3.63) is 56.7 Å². The number of hydrogen-bond donors (Lipinski definition) is 2. The summed E-state index contributed by atoms with van der Waals surface area (Å²) >= 11 is 5.25. The molecule has 142 valence electrons. The van der Waals surface area contributed by atoms with Crippen LogP contribution in [0.5, 0.6) is 0 Å². The molecule has 1 aliphatic heterocycles. The lowest BCUT2D eigenvalue weighted by molar-refractivity contribution is 0.198. The van der Waals surface area contributed by atoms with E-state index in [2.05, 4.69) is 77.5 Å². The average Bonchev–Trinajstić information content (AvgIpc) is 3.14. The lowest BCUT2D eigenvalue weighted by Crippen LogP contribution is -2.48. The normalized spacial score (nSPS) is 16.2. The lowest BCUT2D eigenvalue weighted by Gasteiger charge is -2.33. The molecule has 1 fully saturated rings. The van der Waals surface area contributed by atoms with Gasteiger partial charge in [-0.05, 0) is 52.9 Å². The number of likely N-dealkylation sites (tertiary alicyclic amines) is 1. The number of hydrogen-bond acceptors (Lipinski definition) is 3. The van der Waals surface area contributed by atoms with E-state index in [1.165, 1.54) is 11.1 Å². The van der Waals surface area contributed by atoms with Crippen LogP contribution < -0.4 is 10.6 Å². The standard InChI is InChI=1S/C19H25BrN4S.HI/c1-21-19(22-12-15-2-4-17(20)5-3-15)23-18-6-9-24(10-7-18)13-16-8-11-25-14-16;/h2-5,8,11,14,18H,6-7,9-10,12-13H2,1H3,(H2,21,22,23);1H. The van der Waals surface area contributed by atoms with Gasteiger partial charge in [0.1, 0.15) is 0 Å². The van der Waals surface area contributed by atoms with E-state index in [1.54, 1.807) is 11.3 Å². The first kappa shape index (κ1) is 21.7. The van der Waals surface area contributed by atoms with Crippen LogP contribution in [0.4, 0.5) is 0 Å². The van der Waals surface area contributed by atoms with Crippen molar-refractivity contribution >= 4 is 57.2 Å². The molecule has 0 unspecified atom stereocenters. The quantitative estimate of drug-likeness (QED) is 0.329. The molecular formula is C19H26BrIN4S. The van der Waals surface area contributed by atoms with Crippen LogP contribution in [0.25, 0.3) is 0 Å². The zero-order valence-electron chi connectivity index (χ0n) is 15.0. The first-order valence-corrected chi connectivity index (χ1v) is 10.4. The highest BCUT2D eigenvalue weighted by Crippen LogP contribution is 2.15. The van der Waals surface area contributed by atoms with Crippen LogP contribution in [-0.4, -0.2) is 37.0 Å². The summed E-state index contributed by atoms with van der Waals surface area (Å²) < 4.78 is 1.10. The fraction of sp³-hybridized carbons (Fsp3) is 0.421. The lowest BCUT2D eigenvalue weighted by atomic mass is 10.0. The number of guanidine groups is 1. The molecule has 0 saturated carbocycles. The predicted octanol–water partition coefficient (Wildman–Crippen LogP) is 4.46. The predicted molar refractivity (Wildman–Crippen MR) is 126 cm³/mol. The summed E-state index contributed by atoms with van der Waals surface area (Å²) in [5, 5.41) is 11.4. The molecule has 1 saturated heterocycles. The van der Waals surface area contributed by atoms with Crippen molar-refractivity contribution in [2.75, 3.05) is 20.1 Å². The van der Waals surface area contributed by atoms with Crippen LogP contribution in [0, 0.1) is 0 Å². The number of rotatable bonds is 5. The Morgan fingerprint density at radius 1 is 1.19 bits per heavy atom. The molecule has 1 aromatic carbocycles. The second kappa shape index (κ2) is 11.3. The summed E-state index contributed by atoms with van der Waals surface area (Å²) in [6, 6.07) is 11.1. The SMILES string of the molecule is CN=C(NCc1ccc(Br)cc1)NC1CCN(Cc2ccsc2)CC1.I. The van der Waals surface area contributed by atoms with E-state index in [9.17, 15) is 0 Å². The number of thiophene rings is 1. The average molecular weight is 549 g/mol. The van der Waals surface area contributed by atoms with E-state index in [1.807, 2.05) is 7.05 Å². The van der Waals surface area contributed by atoms with Gasteiger partial charge in [-0.25, -0.2) is 0 Å². The highest BCUT2D eigenvalue weighted by molar-refractivity contribution is 14.0. The van der Waals surface area contributed by atoms with E-state index in [-0.39, 0.29) is 24.0 Å². The fourth-order valence-corrected chi connectivity index (χ4v) is 3.98. The summed E-state index contributed by atoms with van der Waals surface area (Å²) in [6.07, 6.45) is 2.31. The Hall–Kier alpha value is -0.640. The number of nitrogens with one attached hydrogen (secondary N) is 2. The minimum Gasteiger partial charge on any atom is -0.354 e. The monoisotopic (exact) mass is 548 g/mol. The van der Waals surface area contributed by atoms with Gasteiger partial charge in [0.2, 0.25) is 0 Å². The van der Waals surface area contributed by atoms with Crippen LogP contribution in [0.3, 0.4) is 0 Å². The Balaban J connectivity index is 0.00000243. The molecule has 1 aliphatic rings. The summed E-state index contributed by atoms with van der Waals surface area (Å²) in [6.45, 7) is 4.13. The zero-order chi connectivity index (χ0) is 17.5. The first-order valence-electron chi connectivity index (χ1n) is 8.68. The van der Waals surface area contributed by atoms with Crippen molar-refractivity contribution in [3.8, 4) is 0 Å². The Labute approximate surface area is 185 Å². The summed E-state index contributed by atoms with van der Waals surface area (Å²) in [4.78, 5) is 6.91. The van der Waals surface area contributed by atoms with Crippen LogP contribution in [0.2, 0.25) is 0 Å². The summed E-state index contributed by atoms with van der Waals surface area (Å²) in [5.74, 6) is 0.888. The molecule has 1 aromatic heterocycles. The molecule has 0 bridgehead atoms. The number of aliphatic imine (C=N–C) groups is 1. The number of benzene rings is 1. The first-order chi connectivity index (χ1) is 12.2. The van der Waals surface area contributed by atoms with Gasteiger partial charge in [-0.3, -0.25) is 9.89 Å². The van der Waals surface area contributed by atoms with Gasteiger partial charge in [0.25, 0.3) is 0 Å². The molecule has 7 heteroatoms. The third kappa shape index (κ3) is 6.83. The number of halogens is 2. The van der Waals surface area contributed by atoms with Gasteiger partial charge in [0.15, 0.2) is 5.96 Å². The van der Waals surface area contributed by atoms with Crippen LogP contribution in [-0.2, 0) is 13.1 Å². The minimum absolute atomic E-state index is 0. The van der Waals surface area contributed by atoms with Gasteiger partial charge in [0.05, 0.1) is 0 Å². The van der Waals surface area contributed by atoms with Crippen LogP contribution in [0.15, 0.2) is 50.6 Å². The summed E-state index contributed by atoms with van der Waals surface area (Å²) in [7, 11) is 1.84. The molecule has 26 heavy (non-hydrogen) atoms. The fourth-order valence-electron chi connectivity index (χ4n) is 3.05. The topological polar surface area (TPSA) is 39.7 Å². The molecule has 3 rings (SSSR count). The van der Waals surface area contributed by atoms with E-state index >= 15 is 0 Å². The molecular weight excluding hydrogens is 523 g/mol. The van der Waals surface area contributed by atoms with Crippen molar-refractivity contribution in [1.29, 1.82) is 0 Å². The molecule has 0 atom stereocenters. The van der Waals surface area contributed by atoms with E-state index in [4.69, 9.17) is 0 Å². The highest BCUT2D eigenvalue weighted by Gasteiger charge is 2.20.